The smallest absolute Gasteiger partial charge is 0.317 e. The standard InChI is InChI=1S/C22H32NO2.ClH/c1-23-16-8-5-12-19(23)20(13-9-17-23)25-21(24)22(14-6-7-15-22)18-10-3-2-4-11-18;/h2-4,10-11,19-20H,5-9,12-17H2,1H3;1H/q+1;/p-1. The number of carbonyl (C=O) groups is 1. The summed E-state index contributed by atoms with van der Waals surface area (Å²) in [5.74, 6) is 0.0558. The van der Waals surface area contributed by atoms with Gasteiger partial charge in [-0.05, 0) is 37.7 Å². The molecule has 0 N–H and O–H groups in total. The molecular weight excluding hydrogens is 346 g/mol. The average molecular weight is 378 g/mol. The fourth-order valence-electron chi connectivity index (χ4n) is 5.75. The van der Waals surface area contributed by atoms with Gasteiger partial charge in [0.25, 0.3) is 0 Å². The number of halogens is 1. The first kappa shape index (κ1) is 19.7. The van der Waals surface area contributed by atoms with Crippen LogP contribution in [0.5, 0.6) is 0 Å². The normalized spacial score (nSPS) is 33.0. The highest BCUT2D eigenvalue weighted by molar-refractivity contribution is 5.83. The lowest BCUT2D eigenvalue weighted by atomic mass is 9.78. The molecule has 144 valence electrons. The summed E-state index contributed by atoms with van der Waals surface area (Å²) in [5.41, 5.74) is 0.769. The van der Waals surface area contributed by atoms with E-state index < -0.39 is 5.41 Å². The number of hydrogen-bond acceptors (Lipinski definition) is 2. The maximum absolute atomic E-state index is 13.4. The largest absolute Gasteiger partial charge is 1.00 e. The van der Waals surface area contributed by atoms with E-state index in [0.717, 1.165) is 42.2 Å². The van der Waals surface area contributed by atoms with E-state index in [1.165, 1.54) is 38.8 Å². The Labute approximate surface area is 164 Å². The molecule has 26 heavy (non-hydrogen) atoms. The monoisotopic (exact) mass is 377 g/mol. The van der Waals surface area contributed by atoms with E-state index in [4.69, 9.17) is 4.74 Å². The summed E-state index contributed by atoms with van der Waals surface area (Å²) in [6.07, 6.45) is 10.3. The molecule has 0 radical (unpaired) electrons. The first-order valence-corrected chi connectivity index (χ1v) is 10.2. The zero-order valence-corrected chi connectivity index (χ0v) is 16.7. The van der Waals surface area contributed by atoms with E-state index in [2.05, 4.69) is 31.3 Å². The Hall–Kier alpha value is -1.06. The molecule has 3 unspecified atom stereocenters. The Morgan fingerprint density at radius 3 is 2.42 bits per heavy atom. The van der Waals surface area contributed by atoms with E-state index in [9.17, 15) is 4.79 Å². The van der Waals surface area contributed by atoms with Crippen molar-refractivity contribution in [3.05, 3.63) is 35.9 Å². The SMILES string of the molecule is C[N+]12CCCCC1C(OC(=O)C1(c3ccccc3)CCCC1)CCC2.[Cl-]. The minimum absolute atomic E-state index is 0. The van der Waals surface area contributed by atoms with Crippen molar-refractivity contribution in [1.29, 1.82) is 0 Å². The lowest BCUT2D eigenvalue weighted by Gasteiger charge is -2.50. The Morgan fingerprint density at radius 2 is 1.69 bits per heavy atom. The van der Waals surface area contributed by atoms with Gasteiger partial charge in [-0.3, -0.25) is 4.79 Å². The van der Waals surface area contributed by atoms with Gasteiger partial charge in [0, 0.05) is 12.8 Å². The second kappa shape index (κ2) is 7.90. The van der Waals surface area contributed by atoms with Gasteiger partial charge in [0.2, 0.25) is 0 Å². The molecule has 0 spiro atoms. The van der Waals surface area contributed by atoms with Crippen LogP contribution in [0.2, 0.25) is 0 Å². The highest BCUT2D eigenvalue weighted by Crippen LogP contribution is 2.43. The number of esters is 1. The van der Waals surface area contributed by atoms with E-state index in [1.807, 2.05) is 6.07 Å². The Kier molecular flexibility index (Phi) is 5.98. The minimum Gasteiger partial charge on any atom is -1.00 e. The van der Waals surface area contributed by atoms with E-state index in [-0.39, 0.29) is 24.5 Å². The lowest BCUT2D eigenvalue weighted by Crippen LogP contribution is -3.00. The van der Waals surface area contributed by atoms with E-state index >= 15 is 0 Å². The van der Waals surface area contributed by atoms with Gasteiger partial charge in [-0.1, -0.05) is 43.2 Å². The zero-order valence-electron chi connectivity index (χ0n) is 16.0. The van der Waals surface area contributed by atoms with Gasteiger partial charge in [-0.15, -0.1) is 0 Å². The summed E-state index contributed by atoms with van der Waals surface area (Å²) < 4.78 is 7.43. The van der Waals surface area contributed by atoms with Crippen molar-refractivity contribution in [2.45, 2.75) is 75.3 Å². The molecule has 0 aromatic heterocycles. The van der Waals surface area contributed by atoms with Crippen molar-refractivity contribution in [2.75, 3.05) is 20.1 Å². The Morgan fingerprint density at radius 1 is 1.00 bits per heavy atom. The zero-order chi connectivity index (χ0) is 17.3. The third-order valence-electron chi connectivity index (χ3n) is 7.24. The Balaban J connectivity index is 0.00000196. The molecule has 1 saturated carbocycles. The number of ether oxygens (including phenoxy) is 1. The molecule has 3 aliphatic rings. The van der Waals surface area contributed by atoms with Gasteiger partial charge >= 0.3 is 5.97 Å². The minimum atomic E-state index is -0.392. The van der Waals surface area contributed by atoms with Crippen molar-refractivity contribution >= 4 is 5.97 Å². The van der Waals surface area contributed by atoms with Crippen LogP contribution < -0.4 is 12.4 Å². The molecule has 1 aromatic rings. The average Bonchev–Trinajstić information content (AvgIpc) is 3.13. The quantitative estimate of drug-likeness (QED) is 0.584. The number of benzene rings is 1. The summed E-state index contributed by atoms with van der Waals surface area (Å²) in [4.78, 5) is 13.4. The van der Waals surface area contributed by atoms with Crippen LogP contribution in [-0.4, -0.2) is 42.7 Å². The van der Waals surface area contributed by atoms with Crippen LogP contribution in [0.15, 0.2) is 30.3 Å². The van der Waals surface area contributed by atoms with Crippen LogP contribution in [0.1, 0.15) is 63.4 Å². The van der Waals surface area contributed by atoms with Crippen LogP contribution in [-0.2, 0) is 14.9 Å². The van der Waals surface area contributed by atoms with Crippen molar-refractivity contribution < 1.29 is 26.4 Å². The molecule has 4 rings (SSSR count). The first-order valence-electron chi connectivity index (χ1n) is 10.2. The molecular formula is C22H32ClNO2. The van der Waals surface area contributed by atoms with E-state index in [1.54, 1.807) is 0 Å². The van der Waals surface area contributed by atoms with Crippen LogP contribution in [0.3, 0.4) is 0 Å². The van der Waals surface area contributed by atoms with Gasteiger partial charge in [-0.25, -0.2) is 0 Å². The predicted molar refractivity (Wildman–Crippen MR) is 99.3 cm³/mol. The third kappa shape index (κ3) is 3.41. The maximum atomic E-state index is 13.4. The molecule has 4 heteroatoms. The number of piperidine rings is 2. The topological polar surface area (TPSA) is 26.3 Å². The Bertz CT molecular complexity index is 610. The summed E-state index contributed by atoms with van der Waals surface area (Å²) >= 11 is 0. The lowest BCUT2D eigenvalue weighted by molar-refractivity contribution is -0.946. The molecule has 0 bridgehead atoms. The van der Waals surface area contributed by atoms with Gasteiger partial charge in [0.15, 0.2) is 6.10 Å². The van der Waals surface area contributed by atoms with Gasteiger partial charge in [0.05, 0.1) is 25.6 Å². The molecule has 2 saturated heterocycles. The maximum Gasteiger partial charge on any atom is 0.317 e. The summed E-state index contributed by atoms with van der Waals surface area (Å²) in [7, 11) is 2.38. The second-order valence-corrected chi connectivity index (χ2v) is 8.73. The van der Waals surface area contributed by atoms with Gasteiger partial charge in [-0.2, -0.15) is 0 Å². The summed E-state index contributed by atoms with van der Waals surface area (Å²) in [5, 5.41) is 0. The number of carbonyl (C=O) groups excluding carboxylic acids is 1. The van der Waals surface area contributed by atoms with Crippen LogP contribution in [0.4, 0.5) is 0 Å². The fraction of sp³-hybridized carbons (Fsp3) is 0.682. The number of hydrogen-bond donors (Lipinski definition) is 0. The van der Waals surface area contributed by atoms with Crippen molar-refractivity contribution in [3.63, 3.8) is 0 Å². The van der Waals surface area contributed by atoms with Crippen molar-refractivity contribution in [2.24, 2.45) is 0 Å². The van der Waals surface area contributed by atoms with Crippen molar-refractivity contribution in [1.82, 2.24) is 0 Å². The molecule has 2 aliphatic heterocycles. The number of nitrogens with zero attached hydrogens (tertiary/aromatic N) is 1. The van der Waals surface area contributed by atoms with Crippen LogP contribution in [0, 0.1) is 0 Å². The highest BCUT2D eigenvalue weighted by atomic mass is 35.5. The van der Waals surface area contributed by atoms with Crippen molar-refractivity contribution in [3.8, 4) is 0 Å². The molecule has 2 heterocycles. The molecule has 3 fully saturated rings. The number of quaternary nitrogens is 1. The van der Waals surface area contributed by atoms with Gasteiger partial charge in [0.1, 0.15) is 6.04 Å². The van der Waals surface area contributed by atoms with E-state index in [0.29, 0.717) is 6.04 Å². The summed E-state index contributed by atoms with van der Waals surface area (Å²) in [6, 6.07) is 10.9. The third-order valence-corrected chi connectivity index (χ3v) is 7.24. The number of fused-ring (bicyclic) bond motifs is 1. The predicted octanol–water partition coefficient (Wildman–Crippen LogP) is 1.21. The fourth-order valence-corrected chi connectivity index (χ4v) is 5.75. The van der Waals surface area contributed by atoms with Crippen LogP contribution >= 0.6 is 0 Å². The molecule has 1 aliphatic carbocycles. The first-order chi connectivity index (χ1) is 12.1. The number of likely N-dealkylation sites (N-methyl/N-ethyl adjacent to an activating group) is 1. The highest BCUT2D eigenvalue weighted by Gasteiger charge is 2.49. The molecule has 0 amide bonds. The molecule has 3 atom stereocenters. The molecule has 3 nitrogen and oxygen atoms in total. The van der Waals surface area contributed by atoms with Crippen LogP contribution in [0.25, 0.3) is 0 Å². The molecule has 1 aromatic carbocycles. The number of rotatable bonds is 3. The van der Waals surface area contributed by atoms with Gasteiger partial charge < -0.3 is 21.6 Å². The second-order valence-electron chi connectivity index (χ2n) is 8.73. The summed E-state index contributed by atoms with van der Waals surface area (Å²) in [6.45, 7) is 2.51.